The summed E-state index contributed by atoms with van der Waals surface area (Å²) in [4.78, 5) is 0. The summed E-state index contributed by atoms with van der Waals surface area (Å²) in [5.41, 5.74) is 0.483. The van der Waals surface area contributed by atoms with Crippen LogP contribution in [0.1, 0.15) is 18.4 Å². The largest absolute Gasteiger partial charge is 0.495 e. The minimum atomic E-state index is -3.42. The average molecular weight is 266 g/mol. The third-order valence-electron chi connectivity index (χ3n) is 2.78. The van der Waals surface area contributed by atoms with E-state index in [4.69, 9.17) is 10.00 Å². The van der Waals surface area contributed by atoms with E-state index in [9.17, 15) is 8.42 Å². The van der Waals surface area contributed by atoms with Crippen LogP contribution >= 0.6 is 0 Å². The number of hydrogen-bond acceptors (Lipinski definition) is 4. The highest BCUT2D eigenvalue weighted by Crippen LogP contribution is 2.33. The highest BCUT2D eigenvalue weighted by atomic mass is 32.2. The van der Waals surface area contributed by atoms with Gasteiger partial charge in [0.2, 0.25) is 10.0 Å². The summed E-state index contributed by atoms with van der Waals surface area (Å²) in [6.45, 7) is 0. The summed E-state index contributed by atoms with van der Waals surface area (Å²) in [5, 5.41) is 8.99. The lowest BCUT2D eigenvalue weighted by Crippen LogP contribution is -2.19. The number of nitrogens with zero attached hydrogens (tertiary/aromatic N) is 1. The molecule has 1 aliphatic rings. The van der Waals surface area contributed by atoms with E-state index in [2.05, 4.69) is 4.72 Å². The van der Waals surface area contributed by atoms with Gasteiger partial charge in [-0.15, -0.1) is 0 Å². The zero-order chi connectivity index (χ0) is 13.2. The zero-order valence-electron chi connectivity index (χ0n) is 10.0. The van der Waals surface area contributed by atoms with Crippen LogP contribution in [0.5, 0.6) is 5.75 Å². The Kier molecular flexibility index (Phi) is 3.43. The van der Waals surface area contributed by atoms with Gasteiger partial charge in [-0.25, -0.2) is 8.42 Å². The summed E-state index contributed by atoms with van der Waals surface area (Å²) in [6.07, 6.45) is 1.91. The van der Waals surface area contributed by atoms with Gasteiger partial charge in [-0.3, -0.25) is 4.72 Å². The molecule has 0 heterocycles. The molecule has 1 aliphatic carbocycles. The van der Waals surface area contributed by atoms with Crippen LogP contribution in [0.25, 0.3) is 0 Å². The van der Waals surface area contributed by atoms with E-state index in [-0.39, 0.29) is 22.9 Å². The zero-order valence-corrected chi connectivity index (χ0v) is 10.8. The molecule has 0 radical (unpaired) electrons. The molecule has 18 heavy (non-hydrogen) atoms. The Morgan fingerprint density at radius 1 is 1.50 bits per heavy atom. The van der Waals surface area contributed by atoms with Crippen LogP contribution < -0.4 is 9.46 Å². The second-order valence-electron chi connectivity index (χ2n) is 4.32. The molecule has 0 amide bonds. The standard InChI is InChI=1S/C12H14N2O3S/c1-17-11-4-2-3-10(7-13)12(11)14-18(15,16)8-9-5-6-9/h2-4,9,14H,5-6,8H2,1H3. The van der Waals surface area contributed by atoms with Crippen molar-refractivity contribution in [3.05, 3.63) is 23.8 Å². The summed E-state index contributed by atoms with van der Waals surface area (Å²) in [7, 11) is -1.98. The molecule has 0 bridgehead atoms. The Bertz CT molecular complexity index is 586. The fraction of sp³-hybridized carbons (Fsp3) is 0.417. The molecule has 0 aromatic heterocycles. The van der Waals surface area contributed by atoms with Crippen molar-refractivity contribution in [3.8, 4) is 11.8 Å². The van der Waals surface area contributed by atoms with Gasteiger partial charge in [0.05, 0.1) is 18.4 Å². The summed E-state index contributed by atoms with van der Waals surface area (Å²) < 4.78 is 31.4. The maximum Gasteiger partial charge on any atom is 0.233 e. The van der Waals surface area contributed by atoms with E-state index < -0.39 is 10.0 Å². The SMILES string of the molecule is COc1cccc(C#N)c1NS(=O)(=O)CC1CC1. The van der Waals surface area contributed by atoms with Crippen molar-refractivity contribution in [2.75, 3.05) is 17.6 Å². The Morgan fingerprint density at radius 3 is 2.78 bits per heavy atom. The molecule has 96 valence electrons. The van der Waals surface area contributed by atoms with Gasteiger partial charge in [0, 0.05) is 0 Å². The average Bonchev–Trinajstić information content (AvgIpc) is 3.12. The number of rotatable bonds is 5. The number of anilines is 1. The van der Waals surface area contributed by atoms with Crippen molar-refractivity contribution in [3.63, 3.8) is 0 Å². The highest BCUT2D eigenvalue weighted by molar-refractivity contribution is 7.92. The molecule has 0 aliphatic heterocycles. The van der Waals surface area contributed by atoms with Crippen LogP contribution in [0.15, 0.2) is 18.2 Å². The molecule has 5 nitrogen and oxygen atoms in total. The monoisotopic (exact) mass is 266 g/mol. The smallest absolute Gasteiger partial charge is 0.233 e. The molecule has 1 aromatic rings. The van der Waals surface area contributed by atoms with Crippen molar-refractivity contribution in [1.82, 2.24) is 0 Å². The number of benzene rings is 1. The molecule has 0 spiro atoms. The van der Waals surface area contributed by atoms with Gasteiger partial charge >= 0.3 is 0 Å². The van der Waals surface area contributed by atoms with Crippen molar-refractivity contribution in [2.24, 2.45) is 5.92 Å². The molecule has 1 saturated carbocycles. The Morgan fingerprint density at radius 2 is 2.22 bits per heavy atom. The first-order valence-electron chi connectivity index (χ1n) is 5.63. The minimum absolute atomic E-state index is 0.107. The van der Waals surface area contributed by atoms with Crippen LogP contribution in [0.3, 0.4) is 0 Å². The number of sulfonamides is 1. The molecular weight excluding hydrogens is 252 g/mol. The first kappa shape index (κ1) is 12.7. The number of methoxy groups -OCH3 is 1. The molecule has 1 fully saturated rings. The lowest BCUT2D eigenvalue weighted by Gasteiger charge is -2.12. The molecule has 2 rings (SSSR count). The predicted molar refractivity (Wildman–Crippen MR) is 67.8 cm³/mol. The lowest BCUT2D eigenvalue weighted by atomic mass is 10.2. The van der Waals surface area contributed by atoms with E-state index in [1.165, 1.54) is 7.11 Å². The van der Waals surface area contributed by atoms with Crippen LogP contribution in [0, 0.1) is 17.2 Å². The van der Waals surface area contributed by atoms with Crippen molar-refractivity contribution >= 4 is 15.7 Å². The highest BCUT2D eigenvalue weighted by Gasteiger charge is 2.29. The Balaban J connectivity index is 2.29. The quantitative estimate of drug-likeness (QED) is 0.880. The Hall–Kier alpha value is -1.74. The predicted octanol–water partition coefficient (Wildman–Crippen LogP) is 1.72. The molecule has 1 N–H and O–H groups in total. The minimum Gasteiger partial charge on any atom is -0.495 e. The van der Waals surface area contributed by atoms with Crippen LogP contribution in [-0.2, 0) is 10.0 Å². The fourth-order valence-electron chi connectivity index (χ4n) is 1.69. The van der Waals surface area contributed by atoms with Gasteiger partial charge in [0.25, 0.3) is 0 Å². The van der Waals surface area contributed by atoms with Gasteiger partial charge < -0.3 is 4.74 Å². The molecule has 1 aromatic carbocycles. The molecule has 0 saturated heterocycles. The summed E-state index contributed by atoms with van der Waals surface area (Å²) in [5.74, 6) is 0.715. The van der Waals surface area contributed by atoms with E-state index in [1.54, 1.807) is 18.2 Å². The second-order valence-corrected chi connectivity index (χ2v) is 6.09. The number of hydrogen-bond donors (Lipinski definition) is 1. The van der Waals surface area contributed by atoms with Gasteiger partial charge in [0.1, 0.15) is 17.5 Å². The van der Waals surface area contributed by atoms with Crippen molar-refractivity contribution in [1.29, 1.82) is 5.26 Å². The van der Waals surface area contributed by atoms with E-state index in [0.717, 1.165) is 12.8 Å². The Labute approximate surface area is 106 Å². The number of ether oxygens (including phenoxy) is 1. The van der Waals surface area contributed by atoms with Gasteiger partial charge in [-0.2, -0.15) is 5.26 Å². The maximum atomic E-state index is 11.9. The number of nitriles is 1. The number of para-hydroxylation sites is 1. The van der Waals surface area contributed by atoms with Crippen molar-refractivity contribution < 1.29 is 13.2 Å². The van der Waals surface area contributed by atoms with Gasteiger partial charge in [0.15, 0.2) is 0 Å². The third kappa shape index (κ3) is 2.93. The normalized spacial score (nSPS) is 14.9. The van der Waals surface area contributed by atoms with E-state index in [0.29, 0.717) is 5.75 Å². The topological polar surface area (TPSA) is 79.2 Å². The van der Waals surface area contributed by atoms with Gasteiger partial charge in [-0.1, -0.05) is 6.07 Å². The van der Waals surface area contributed by atoms with Crippen LogP contribution in [0.4, 0.5) is 5.69 Å². The molecule has 0 atom stereocenters. The molecule has 6 heteroatoms. The third-order valence-corrected chi connectivity index (χ3v) is 4.20. The first-order chi connectivity index (χ1) is 8.55. The van der Waals surface area contributed by atoms with Crippen LogP contribution in [0.2, 0.25) is 0 Å². The molecular formula is C12H14N2O3S. The van der Waals surface area contributed by atoms with Gasteiger partial charge in [-0.05, 0) is 30.9 Å². The lowest BCUT2D eigenvalue weighted by molar-refractivity contribution is 0.416. The van der Waals surface area contributed by atoms with E-state index >= 15 is 0 Å². The second kappa shape index (κ2) is 4.86. The first-order valence-corrected chi connectivity index (χ1v) is 7.28. The summed E-state index contributed by atoms with van der Waals surface area (Å²) >= 11 is 0. The number of nitrogens with one attached hydrogen (secondary N) is 1. The van der Waals surface area contributed by atoms with E-state index in [1.807, 2.05) is 6.07 Å². The molecule has 0 unspecified atom stereocenters. The van der Waals surface area contributed by atoms with Crippen LogP contribution in [-0.4, -0.2) is 21.3 Å². The fourth-order valence-corrected chi connectivity index (χ4v) is 3.25. The summed E-state index contributed by atoms with van der Waals surface area (Å²) in [6, 6.07) is 6.78. The maximum absolute atomic E-state index is 11.9. The van der Waals surface area contributed by atoms with Crippen molar-refractivity contribution in [2.45, 2.75) is 12.8 Å².